The van der Waals surface area contributed by atoms with Gasteiger partial charge in [0, 0.05) is 16.6 Å². The van der Waals surface area contributed by atoms with Gasteiger partial charge in [0.2, 0.25) is 0 Å². The van der Waals surface area contributed by atoms with E-state index in [1.807, 2.05) is 13.8 Å². The normalized spacial score (nSPS) is 10.8. The van der Waals surface area contributed by atoms with Gasteiger partial charge in [0.25, 0.3) is 0 Å². The summed E-state index contributed by atoms with van der Waals surface area (Å²) in [5, 5.41) is 3.05. The third kappa shape index (κ3) is 3.16. The summed E-state index contributed by atoms with van der Waals surface area (Å²) in [6.45, 7) is 4.05. The molecule has 0 aliphatic heterocycles. The van der Waals surface area contributed by atoms with Gasteiger partial charge in [-0.05, 0) is 34.8 Å². The van der Waals surface area contributed by atoms with E-state index >= 15 is 0 Å². The monoisotopic (exact) mass is 277 g/mol. The van der Waals surface area contributed by atoms with E-state index in [-0.39, 0.29) is 6.04 Å². The second kappa shape index (κ2) is 5.45. The Kier molecular flexibility index (Phi) is 4.51. The van der Waals surface area contributed by atoms with Gasteiger partial charge in [-0.2, -0.15) is 0 Å². The van der Waals surface area contributed by atoms with Crippen LogP contribution in [0.25, 0.3) is 0 Å². The molecule has 0 aliphatic rings. The van der Waals surface area contributed by atoms with Crippen LogP contribution >= 0.6 is 15.9 Å². The molecular formula is C11H14BrF2N. The van der Waals surface area contributed by atoms with Gasteiger partial charge in [-0.3, -0.25) is 0 Å². The lowest BCUT2D eigenvalue weighted by atomic mass is 10.1. The van der Waals surface area contributed by atoms with Crippen molar-refractivity contribution in [3.05, 3.63) is 28.2 Å². The molecule has 1 aromatic carbocycles. The highest BCUT2D eigenvalue weighted by molar-refractivity contribution is 9.10. The Bertz CT molecular complexity index is 314. The molecule has 0 fully saturated rings. The highest BCUT2D eigenvalue weighted by Crippen LogP contribution is 2.28. The topological polar surface area (TPSA) is 12.0 Å². The zero-order valence-electron chi connectivity index (χ0n) is 8.78. The molecule has 0 saturated carbocycles. The van der Waals surface area contributed by atoms with Crippen molar-refractivity contribution in [2.45, 2.75) is 32.7 Å². The Morgan fingerprint density at radius 2 is 1.87 bits per heavy atom. The van der Waals surface area contributed by atoms with E-state index < -0.39 is 11.6 Å². The van der Waals surface area contributed by atoms with Crippen LogP contribution in [-0.4, -0.2) is 6.04 Å². The third-order valence-corrected chi connectivity index (χ3v) is 2.97. The summed E-state index contributed by atoms with van der Waals surface area (Å²) in [4.78, 5) is 0. The van der Waals surface area contributed by atoms with E-state index in [0.29, 0.717) is 10.2 Å². The van der Waals surface area contributed by atoms with Gasteiger partial charge in [0.1, 0.15) is 11.6 Å². The van der Waals surface area contributed by atoms with E-state index in [4.69, 9.17) is 0 Å². The third-order valence-electron chi connectivity index (χ3n) is 2.34. The average Bonchev–Trinajstić information content (AvgIpc) is 2.17. The number of hydrogen-bond acceptors (Lipinski definition) is 1. The number of hydrogen-bond donors (Lipinski definition) is 1. The fourth-order valence-electron chi connectivity index (χ4n) is 1.38. The van der Waals surface area contributed by atoms with E-state index in [0.717, 1.165) is 18.9 Å². The highest BCUT2D eigenvalue weighted by atomic mass is 79.9. The molecule has 1 rings (SSSR count). The Labute approximate surface area is 97.0 Å². The molecule has 0 heterocycles. The minimum Gasteiger partial charge on any atom is -0.379 e. The van der Waals surface area contributed by atoms with E-state index in [1.54, 1.807) is 0 Å². The van der Waals surface area contributed by atoms with Crippen LogP contribution in [0.3, 0.4) is 0 Å². The molecule has 1 aromatic rings. The Hall–Kier alpha value is -0.640. The molecule has 15 heavy (non-hydrogen) atoms. The zero-order chi connectivity index (χ0) is 11.4. The maximum Gasteiger partial charge on any atom is 0.150 e. The summed E-state index contributed by atoms with van der Waals surface area (Å²) in [6.07, 6.45) is 1.81. The van der Waals surface area contributed by atoms with Crippen LogP contribution in [0.4, 0.5) is 14.5 Å². The number of anilines is 1. The standard InChI is InChI=1S/C11H14BrF2N/c1-3-8(4-2)15-11-9(12)5-7(13)6-10(11)14/h5-6,8,15H,3-4H2,1-2H3. The van der Waals surface area contributed by atoms with Gasteiger partial charge in [-0.25, -0.2) is 8.78 Å². The first kappa shape index (κ1) is 12.4. The van der Waals surface area contributed by atoms with Crippen LogP contribution in [0.15, 0.2) is 16.6 Å². The molecule has 84 valence electrons. The van der Waals surface area contributed by atoms with Crippen molar-refractivity contribution >= 4 is 21.6 Å². The maximum absolute atomic E-state index is 13.4. The van der Waals surface area contributed by atoms with Crippen molar-refractivity contribution in [3.63, 3.8) is 0 Å². The van der Waals surface area contributed by atoms with Gasteiger partial charge in [0.15, 0.2) is 0 Å². The van der Waals surface area contributed by atoms with E-state index in [9.17, 15) is 8.78 Å². The van der Waals surface area contributed by atoms with Gasteiger partial charge < -0.3 is 5.32 Å². The SMILES string of the molecule is CCC(CC)Nc1c(F)cc(F)cc1Br. The Morgan fingerprint density at radius 1 is 1.27 bits per heavy atom. The number of halogens is 3. The molecule has 1 nitrogen and oxygen atoms in total. The molecule has 0 aromatic heterocycles. The van der Waals surface area contributed by atoms with Crippen molar-refractivity contribution in [1.29, 1.82) is 0 Å². The lowest BCUT2D eigenvalue weighted by Crippen LogP contribution is -2.18. The summed E-state index contributed by atoms with van der Waals surface area (Å²) in [5.74, 6) is -1.14. The summed E-state index contributed by atoms with van der Waals surface area (Å²) >= 11 is 3.14. The molecule has 0 bridgehead atoms. The summed E-state index contributed by atoms with van der Waals surface area (Å²) in [6, 6.07) is 2.35. The molecule has 0 unspecified atom stereocenters. The van der Waals surface area contributed by atoms with Crippen molar-refractivity contribution < 1.29 is 8.78 Å². The first-order valence-electron chi connectivity index (χ1n) is 4.99. The van der Waals surface area contributed by atoms with Crippen molar-refractivity contribution in [2.24, 2.45) is 0 Å². The summed E-state index contributed by atoms with van der Waals surface area (Å²) in [7, 11) is 0. The maximum atomic E-state index is 13.4. The van der Waals surface area contributed by atoms with Gasteiger partial charge in [-0.1, -0.05) is 13.8 Å². The van der Waals surface area contributed by atoms with E-state index in [2.05, 4.69) is 21.2 Å². The van der Waals surface area contributed by atoms with Crippen LogP contribution in [0.1, 0.15) is 26.7 Å². The summed E-state index contributed by atoms with van der Waals surface area (Å²) < 4.78 is 26.6. The zero-order valence-corrected chi connectivity index (χ0v) is 10.4. The largest absolute Gasteiger partial charge is 0.379 e. The minimum absolute atomic E-state index is 0.210. The van der Waals surface area contributed by atoms with Crippen molar-refractivity contribution in [2.75, 3.05) is 5.32 Å². The second-order valence-electron chi connectivity index (χ2n) is 3.40. The Balaban J connectivity index is 2.94. The van der Waals surface area contributed by atoms with Gasteiger partial charge in [-0.15, -0.1) is 0 Å². The first-order chi connectivity index (χ1) is 7.08. The lowest BCUT2D eigenvalue weighted by molar-refractivity contribution is 0.578. The average molecular weight is 278 g/mol. The predicted octanol–water partition coefficient (Wildman–Crippen LogP) is 4.33. The van der Waals surface area contributed by atoms with Crippen LogP contribution in [0.2, 0.25) is 0 Å². The van der Waals surface area contributed by atoms with Crippen molar-refractivity contribution in [1.82, 2.24) is 0 Å². The Morgan fingerprint density at radius 3 is 2.33 bits per heavy atom. The number of rotatable bonds is 4. The summed E-state index contributed by atoms with van der Waals surface area (Å²) in [5.41, 5.74) is 0.338. The van der Waals surface area contributed by atoms with Gasteiger partial charge >= 0.3 is 0 Å². The predicted molar refractivity (Wildman–Crippen MR) is 62.1 cm³/mol. The van der Waals surface area contributed by atoms with Gasteiger partial charge in [0.05, 0.1) is 5.69 Å². The van der Waals surface area contributed by atoms with Crippen LogP contribution in [0.5, 0.6) is 0 Å². The fraction of sp³-hybridized carbons (Fsp3) is 0.455. The quantitative estimate of drug-likeness (QED) is 0.864. The molecule has 0 amide bonds. The molecule has 4 heteroatoms. The van der Waals surface area contributed by atoms with E-state index in [1.165, 1.54) is 6.07 Å². The number of nitrogens with one attached hydrogen (secondary N) is 1. The fourth-order valence-corrected chi connectivity index (χ4v) is 1.90. The molecule has 0 spiro atoms. The molecule has 0 radical (unpaired) electrons. The molecule has 0 atom stereocenters. The molecule has 1 N–H and O–H groups in total. The highest BCUT2D eigenvalue weighted by Gasteiger charge is 2.12. The molecule has 0 aliphatic carbocycles. The first-order valence-corrected chi connectivity index (χ1v) is 5.78. The second-order valence-corrected chi connectivity index (χ2v) is 4.26. The molecule has 0 saturated heterocycles. The van der Waals surface area contributed by atoms with Crippen molar-refractivity contribution in [3.8, 4) is 0 Å². The van der Waals surface area contributed by atoms with Crippen LogP contribution in [-0.2, 0) is 0 Å². The minimum atomic E-state index is -0.575. The molecular weight excluding hydrogens is 264 g/mol. The number of benzene rings is 1. The smallest absolute Gasteiger partial charge is 0.150 e. The lowest BCUT2D eigenvalue weighted by Gasteiger charge is -2.17. The van der Waals surface area contributed by atoms with Crippen LogP contribution < -0.4 is 5.32 Å². The van der Waals surface area contributed by atoms with Crippen LogP contribution in [0, 0.1) is 11.6 Å².